The lowest BCUT2D eigenvalue weighted by molar-refractivity contribution is 0.0953. The second kappa shape index (κ2) is 3.12. The third kappa shape index (κ3) is 1.28. The molecule has 0 saturated carbocycles. The van der Waals surface area contributed by atoms with Gasteiger partial charge in [-0.15, -0.1) is 0 Å². The maximum absolute atomic E-state index is 11.1. The highest BCUT2D eigenvalue weighted by molar-refractivity contribution is 6.33. The van der Waals surface area contributed by atoms with Crippen LogP contribution < -0.4 is 11.3 Å². The van der Waals surface area contributed by atoms with Crippen molar-refractivity contribution in [2.45, 2.75) is 6.92 Å². The van der Waals surface area contributed by atoms with Crippen LogP contribution in [0.5, 0.6) is 0 Å². The molecule has 0 spiro atoms. The molecule has 1 rings (SSSR count). The van der Waals surface area contributed by atoms with E-state index in [1.807, 2.05) is 5.43 Å². The van der Waals surface area contributed by atoms with Gasteiger partial charge in [0.25, 0.3) is 5.91 Å². The predicted octanol–water partition coefficient (Wildman–Crippen LogP) is -0.0146. The van der Waals surface area contributed by atoms with Gasteiger partial charge in [-0.2, -0.15) is 5.10 Å². The summed E-state index contributed by atoms with van der Waals surface area (Å²) in [6.07, 6.45) is 0. The summed E-state index contributed by atoms with van der Waals surface area (Å²) in [5.74, 6) is 4.53. The number of aryl methyl sites for hydroxylation is 2. The lowest BCUT2D eigenvalue weighted by Crippen LogP contribution is -2.30. The Bertz CT molecular complexity index is 320. The van der Waals surface area contributed by atoms with Gasteiger partial charge < -0.3 is 0 Å². The van der Waals surface area contributed by atoms with Crippen LogP contribution in [0.25, 0.3) is 0 Å². The summed E-state index contributed by atoms with van der Waals surface area (Å²) in [6, 6.07) is 0. The second-order valence-electron chi connectivity index (χ2n) is 2.35. The van der Waals surface area contributed by atoms with Gasteiger partial charge >= 0.3 is 0 Å². The van der Waals surface area contributed by atoms with Gasteiger partial charge in [-0.25, -0.2) is 5.84 Å². The first-order chi connectivity index (χ1) is 5.57. The van der Waals surface area contributed by atoms with E-state index in [0.717, 1.165) is 0 Å². The number of hydrogen-bond donors (Lipinski definition) is 2. The highest BCUT2D eigenvalue weighted by atomic mass is 35.5. The molecule has 5 nitrogen and oxygen atoms in total. The molecule has 1 heterocycles. The highest BCUT2D eigenvalue weighted by Crippen LogP contribution is 2.17. The molecule has 0 unspecified atom stereocenters. The van der Waals surface area contributed by atoms with E-state index in [1.165, 1.54) is 4.68 Å². The number of amides is 1. The highest BCUT2D eigenvalue weighted by Gasteiger charge is 2.17. The third-order valence-corrected chi connectivity index (χ3v) is 1.94. The molecule has 0 saturated heterocycles. The molecule has 0 fully saturated rings. The molecule has 0 aliphatic carbocycles. The van der Waals surface area contributed by atoms with E-state index in [-0.39, 0.29) is 5.15 Å². The summed E-state index contributed by atoms with van der Waals surface area (Å²) in [5, 5.41) is 4.24. The Morgan fingerprint density at radius 1 is 1.75 bits per heavy atom. The topological polar surface area (TPSA) is 72.9 Å². The number of nitrogens with two attached hydrogens (primary N) is 1. The van der Waals surface area contributed by atoms with Crippen LogP contribution in [0.3, 0.4) is 0 Å². The van der Waals surface area contributed by atoms with E-state index in [4.69, 9.17) is 17.4 Å². The first-order valence-corrected chi connectivity index (χ1v) is 3.65. The number of nitrogens with one attached hydrogen (secondary N) is 1. The van der Waals surface area contributed by atoms with Gasteiger partial charge in [-0.1, -0.05) is 11.6 Å². The molecule has 3 N–H and O–H groups in total. The normalized spacial score (nSPS) is 10.0. The molecule has 0 radical (unpaired) electrons. The van der Waals surface area contributed by atoms with Crippen molar-refractivity contribution in [3.8, 4) is 0 Å². The largest absolute Gasteiger partial charge is 0.290 e. The standard InChI is InChI=1S/C6H9ClN4O/c1-3-4(6(12)9-8)5(7)11(2)10-3/h8H2,1-2H3,(H,9,12). The number of carbonyl (C=O) groups is 1. The zero-order valence-electron chi connectivity index (χ0n) is 6.76. The quantitative estimate of drug-likeness (QED) is 0.370. The van der Waals surface area contributed by atoms with Crippen molar-refractivity contribution in [1.29, 1.82) is 0 Å². The second-order valence-corrected chi connectivity index (χ2v) is 2.71. The summed E-state index contributed by atoms with van der Waals surface area (Å²) in [5.41, 5.74) is 2.88. The van der Waals surface area contributed by atoms with Crippen LogP contribution in [0.1, 0.15) is 16.1 Å². The molecule has 0 atom stereocenters. The fourth-order valence-corrected chi connectivity index (χ4v) is 1.22. The maximum atomic E-state index is 11.1. The van der Waals surface area contributed by atoms with Crippen molar-refractivity contribution in [3.63, 3.8) is 0 Å². The summed E-state index contributed by atoms with van der Waals surface area (Å²) in [6.45, 7) is 1.69. The fraction of sp³-hybridized carbons (Fsp3) is 0.333. The molecule has 1 aromatic rings. The minimum Gasteiger partial charge on any atom is -0.290 e. The number of aromatic nitrogens is 2. The average Bonchev–Trinajstić information content (AvgIpc) is 2.26. The van der Waals surface area contributed by atoms with Gasteiger partial charge in [0, 0.05) is 7.05 Å². The molecule has 0 aliphatic rings. The van der Waals surface area contributed by atoms with Gasteiger partial charge in [-0.3, -0.25) is 14.9 Å². The number of halogens is 1. The Kier molecular flexibility index (Phi) is 2.35. The Morgan fingerprint density at radius 2 is 2.33 bits per heavy atom. The molecule has 12 heavy (non-hydrogen) atoms. The van der Waals surface area contributed by atoms with Crippen molar-refractivity contribution in [1.82, 2.24) is 15.2 Å². The first kappa shape index (κ1) is 9.02. The lowest BCUT2D eigenvalue weighted by atomic mass is 10.2. The Hall–Kier alpha value is -1.07. The minimum atomic E-state index is -0.425. The molecular weight excluding hydrogens is 180 g/mol. The van der Waals surface area contributed by atoms with Gasteiger partial charge in [-0.05, 0) is 6.92 Å². The van der Waals surface area contributed by atoms with E-state index in [0.29, 0.717) is 11.3 Å². The van der Waals surface area contributed by atoms with Crippen LogP contribution in [0.2, 0.25) is 5.15 Å². The summed E-state index contributed by atoms with van der Waals surface area (Å²) in [4.78, 5) is 11.1. The summed E-state index contributed by atoms with van der Waals surface area (Å²) >= 11 is 5.77. The van der Waals surface area contributed by atoms with E-state index in [2.05, 4.69) is 5.10 Å². The fourth-order valence-electron chi connectivity index (χ4n) is 0.960. The summed E-state index contributed by atoms with van der Waals surface area (Å²) < 4.78 is 1.42. The Morgan fingerprint density at radius 3 is 2.67 bits per heavy atom. The van der Waals surface area contributed by atoms with Gasteiger partial charge in [0.05, 0.1) is 5.69 Å². The monoisotopic (exact) mass is 188 g/mol. The van der Waals surface area contributed by atoms with Crippen LogP contribution >= 0.6 is 11.6 Å². The zero-order chi connectivity index (χ0) is 9.30. The number of hydrogen-bond acceptors (Lipinski definition) is 3. The molecule has 0 aromatic carbocycles. The van der Waals surface area contributed by atoms with Crippen LogP contribution in [-0.2, 0) is 7.05 Å². The van der Waals surface area contributed by atoms with Gasteiger partial charge in [0.2, 0.25) is 0 Å². The number of nitrogen functional groups attached to an aromatic ring is 1. The molecule has 1 amide bonds. The van der Waals surface area contributed by atoms with Crippen molar-refractivity contribution in [2.24, 2.45) is 12.9 Å². The van der Waals surface area contributed by atoms with Crippen molar-refractivity contribution < 1.29 is 4.79 Å². The maximum Gasteiger partial charge on any atom is 0.270 e. The van der Waals surface area contributed by atoms with Crippen molar-refractivity contribution in [2.75, 3.05) is 0 Å². The zero-order valence-corrected chi connectivity index (χ0v) is 7.51. The number of carbonyl (C=O) groups excluding carboxylic acids is 1. The van der Waals surface area contributed by atoms with E-state index >= 15 is 0 Å². The van der Waals surface area contributed by atoms with E-state index in [9.17, 15) is 4.79 Å². The van der Waals surface area contributed by atoms with Crippen molar-refractivity contribution in [3.05, 3.63) is 16.4 Å². The third-order valence-electron chi connectivity index (χ3n) is 1.51. The average molecular weight is 189 g/mol. The van der Waals surface area contributed by atoms with Gasteiger partial charge in [0.1, 0.15) is 10.7 Å². The van der Waals surface area contributed by atoms with E-state index in [1.54, 1.807) is 14.0 Å². The van der Waals surface area contributed by atoms with Crippen LogP contribution in [0, 0.1) is 6.92 Å². The number of nitrogens with zero attached hydrogens (tertiary/aromatic N) is 2. The molecule has 66 valence electrons. The summed E-state index contributed by atoms with van der Waals surface area (Å²) in [7, 11) is 1.66. The smallest absolute Gasteiger partial charge is 0.270 e. The van der Waals surface area contributed by atoms with Crippen molar-refractivity contribution >= 4 is 17.5 Å². The Labute approximate surface area is 74.5 Å². The van der Waals surface area contributed by atoms with Gasteiger partial charge in [0.15, 0.2) is 0 Å². The minimum absolute atomic E-state index is 0.287. The predicted molar refractivity (Wildman–Crippen MR) is 44.6 cm³/mol. The van der Waals surface area contributed by atoms with E-state index < -0.39 is 5.91 Å². The molecule has 0 bridgehead atoms. The molecule has 1 aromatic heterocycles. The van der Waals surface area contributed by atoms with Crippen LogP contribution in [0.15, 0.2) is 0 Å². The van der Waals surface area contributed by atoms with Crippen LogP contribution in [0.4, 0.5) is 0 Å². The molecule has 0 aliphatic heterocycles. The number of rotatable bonds is 1. The number of hydrazine groups is 1. The SMILES string of the molecule is Cc1nn(C)c(Cl)c1C(=O)NN. The first-order valence-electron chi connectivity index (χ1n) is 3.28. The molecular formula is C6H9ClN4O. The Balaban J connectivity index is 3.22. The van der Waals surface area contributed by atoms with Crippen LogP contribution in [-0.4, -0.2) is 15.7 Å². The molecule has 6 heteroatoms. The lowest BCUT2D eigenvalue weighted by Gasteiger charge is -1.96.